The van der Waals surface area contributed by atoms with Gasteiger partial charge in [0.15, 0.2) is 0 Å². The monoisotopic (exact) mass is 280 g/mol. The maximum atomic E-state index is 11.9. The molecule has 19 heavy (non-hydrogen) atoms. The highest BCUT2D eigenvalue weighted by molar-refractivity contribution is 7.10. The van der Waals surface area contributed by atoms with Crippen LogP contribution in [0.4, 0.5) is 4.79 Å². The molecule has 0 bridgehead atoms. The van der Waals surface area contributed by atoms with Crippen molar-refractivity contribution in [2.45, 2.75) is 57.4 Å². The van der Waals surface area contributed by atoms with Crippen LogP contribution in [-0.4, -0.2) is 18.6 Å². The van der Waals surface area contributed by atoms with E-state index < -0.39 is 0 Å². The zero-order chi connectivity index (χ0) is 13.7. The molecule has 1 fully saturated rings. The minimum absolute atomic E-state index is 0.00191. The summed E-state index contributed by atoms with van der Waals surface area (Å²) in [6.45, 7) is 5.01. The Morgan fingerprint density at radius 3 is 2.74 bits per heavy atom. The number of thiophene rings is 1. The molecule has 1 aliphatic rings. The Labute approximate surface area is 119 Å². The van der Waals surface area contributed by atoms with E-state index in [4.69, 9.17) is 0 Å². The summed E-state index contributed by atoms with van der Waals surface area (Å²) in [4.78, 5) is 13.2. The van der Waals surface area contributed by atoms with Crippen LogP contribution in [0.1, 0.15) is 50.8 Å². The molecule has 1 aromatic heterocycles. The van der Waals surface area contributed by atoms with Crippen LogP contribution >= 0.6 is 11.3 Å². The molecule has 1 aromatic rings. The van der Waals surface area contributed by atoms with E-state index in [1.165, 1.54) is 24.1 Å². The normalized spacial score (nSPS) is 17.2. The van der Waals surface area contributed by atoms with E-state index in [9.17, 15) is 4.79 Å². The molecule has 4 heteroatoms. The molecule has 1 aliphatic carbocycles. The highest BCUT2D eigenvalue weighted by Crippen LogP contribution is 2.26. The Morgan fingerprint density at radius 2 is 2.11 bits per heavy atom. The van der Waals surface area contributed by atoms with Gasteiger partial charge in [0.05, 0.1) is 0 Å². The molecule has 0 saturated heterocycles. The number of carbonyl (C=O) groups is 1. The fourth-order valence-corrected chi connectivity index (χ4v) is 3.39. The van der Waals surface area contributed by atoms with Crippen LogP contribution in [0.5, 0.6) is 0 Å². The summed E-state index contributed by atoms with van der Waals surface area (Å²) in [5, 5.41) is 8.19. The molecule has 106 valence electrons. The first-order valence-electron chi connectivity index (χ1n) is 7.16. The lowest BCUT2D eigenvalue weighted by atomic mass is 9.91. The summed E-state index contributed by atoms with van der Waals surface area (Å²) in [7, 11) is 0. The van der Waals surface area contributed by atoms with Crippen molar-refractivity contribution in [1.82, 2.24) is 10.6 Å². The van der Waals surface area contributed by atoms with E-state index in [0.717, 1.165) is 12.8 Å². The molecule has 2 N–H and O–H groups in total. The molecule has 3 nitrogen and oxygen atoms in total. The first-order chi connectivity index (χ1) is 9.08. The Morgan fingerprint density at radius 1 is 1.37 bits per heavy atom. The van der Waals surface area contributed by atoms with Crippen molar-refractivity contribution >= 4 is 17.4 Å². The average Bonchev–Trinajstić information content (AvgIpc) is 2.92. The smallest absolute Gasteiger partial charge is 0.315 e. The standard InChI is InChI=1S/C15H24N2OS/c1-15(2,13-9-6-10-19-13)11-16-14(18)17-12-7-4-3-5-8-12/h6,9-10,12H,3-5,7-8,11H2,1-2H3,(H2,16,17,18). The van der Waals surface area contributed by atoms with Gasteiger partial charge in [0, 0.05) is 22.9 Å². The lowest BCUT2D eigenvalue weighted by molar-refractivity contribution is 0.230. The Hall–Kier alpha value is -1.03. The van der Waals surface area contributed by atoms with Gasteiger partial charge in [-0.3, -0.25) is 0 Å². The molecule has 1 saturated carbocycles. The molecular weight excluding hydrogens is 256 g/mol. The van der Waals surface area contributed by atoms with Gasteiger partial charge in [-0.25, -0.2) is 4.79 Å². The number of nitrogens with one attached hydrogen (secondary N) is 2. The third-order valence-corrected chi connectivity index (χ3v) is 5.06. The summed E-state index contributed by atoms with van der Waals surface area (Å²) in [5.41, 5.74) is -0.00191. The number of amides is 2. The fraction of sp³-hybridized carbons (Fsp3) is 0.667. The zero-order valence-corrected chi connectivity index (χ0v) is 12.7. The van der Waals surface area contributed by atoms with Gasteiger partial charge in [-0.05, 0) is 24.3 Å². The van der Waals surface area contributed by atoms with E-state index in [0.29, 0.717) is 12.6 Å². The first-order valence-corrected chi connectivity index (χ1v) is 8.04. The predicted octanol–water partition coefficient (Wildman–Crippen LogP) is 3.66. The second-order valence-corrected chi connectivity index (χ2v) is 6.97. The van der Waals surface area contributed by atoms with Crippen molar-refractivity contribution < 1.29 is 4.79 Å². The first kappa shape index (κ1) is 14.4. The third-order valence-electron chi connectivity index (χ3n) is 3.82. The topological polar surface area (TPSA) is 41.1 Å². The predicted molar refractivity (Wildman–Crippen MR) is 80.8 cm³/mol. The van der Waals surface area contributed by atoms with Gasteiger partial charge in [0.1, 0.15) is 0 Å². The molecule has 2 rings (SSSR count). The van der Waals surface area contributed by atoms with E-state index in [2.05, 4.69) is 42.0 Å². The largest absolute Gasteiger partial charge is 0.337 e. The van der Waals surface area contributed by atoms with Crippen molar-refractivity contribution in [3.8, 4) is 0 Å². The summed E-state index contributed by atoms with van der Waals surface area (Å²) >= 11 is 1.75. The molecule has 2 amide bonds. The highest BCUT2D eigenvalue weighted by Gasteiger charge is 2.23. The molecule has 0 unspecified atom stereocenters. The zero-order valence-electron chi connectivity index (χ0n) is 11.9. The quantitative estimate of drug-likeness (QED) is 0.868. The fourth-order valence-electron chi connectivity index (χ4n) is 2.54. The number of carbonyl (C=O) groups excluding carboxylic acids is 1. The highest BCUT2D eigenvalue weighted by atomic mass is 32.1. The van der Waals surface area contributed by atoms with Crippen LogP contribution in [0, 0.1) is 0 Å². The van der Waals surface area contributed by atoms with Crippen LogP contribution in [0.25, 0.3) is 0 Å². The van der Waals surface area contributed by atoms with Gasteiger partial charge < -0.3 is 10.6 Å². The van der Waals surface area contributed by atoms with Gasteiger partial charge in [-0.15, -0.1) is 11.3 Å². The van der Waals surface area contributed by atoms with Gasteiger partial charge in [-0.1, -0.05) is 39.2 Å². The minimum Gasteiger partial charge on any atom is -0.337 e. The van der Waals surface area contributed by atoms with Crippen LogP contribution in [0.15, 0.2) is 17.5 Å². The van der Waals surface area contributed by atoms with Gasteiger partial charge in [-0.2, -0.15) is 0 Å². The third kappa shape index (κ3) is 4.23. The maximum Gasteiger partial charge on any atom is 0.315 e. The second-order valence-electron chi connectivity index (χ2n) is 6.02. The van der Waals surface area contributed by atoms with E-state index >= 15 is 0 Å². The van der Waals surface area contributed by atoms with Gasteiger partial charge >= 0.3 is 6.03 Å². The molecule has 1 heterocycles. The summed E-state index contributed by atoms with van der Waals surface area (Å²) in [6, 6.07) is 4.55. The average molecular weight is 280 g/mol. The van der Waals surface area contributed by atoms with Crippen molar-refractivity contribution in [3.63, 3.8) is 0 Å². The maximum absolute atomic E-state index is 11.9. The van der Waals surface area contributed by atoms with Crippen molar-refractivity contribution in [3.05, 3.63) is 22.4 Å². The number of urea groups is 1. The van der Waals surface area contributed by atoms with E-state index in [-0.39, 0.29) is 11.4 Å². The molecule has 0 radical (unpaired) electrons. The Kier molecular flexibility index (Phi) is 4.86. The summed E-state index contributed by atoms with van der Waals surface area (Å²) in [6.07, 6.45) is 6.05. The molecule has 0 spiro atoms. The molecular formula is C15H24N2OS. The second kappa shape index (κ2) is 6.42. The van der Waals surface area contributed by atoms with Gasteiger partial charge in [0.25, 0.3) is 0 Å². The van der Waals surface area contributed by atoms with Crippen LogP contribution in [-0.2, 0) is 5.41 Å². The van der Waals surface area contributed by atoms with Crippen molar-refractivity contribution in [1.29, 1.82) is 0 Å². The van der Waals surface area contributed by atoms with E-state index in [1.807, 2.05) is 0 Å². The van der Waals surface area contributed by atoms with E-state index in [1.54, 1.807) is 11.3 Å². The number of hydrogen-bond donors (Lipinski definition) is 2. The number of rotatable bonds is 4. The Balaban J connectivity index is 1.76. The SMILES string of the molecule is CC(C)(CNC(=O)NC1CCCCC1)c1cccs1. The Bertz CT molecular complexity index is 394. The molecule has 0 aromatic carbocycles. The summed E-state index contributed by atoms with van der Waals surface area (Å²) < 4.78 is 0. The lowest BCUT2D eigenvalue weighted by Crippen LogP contribution is -2.46. The van der Waals surface area contributed by atoms with Crippen molar-refractivity contribution in [2.75, 3.05) is 6.54 Å². The minimum atomic E-state index is -0.0171. The van der Waals surface area contributed by atoms with Gasteiger partial charge in [0.2, 0.25) is 0 Å². The lowest BCUT2D eigenvalue weighted by Gasteiger charge is -2.26. The summed E-state index contributed by atoms with van der Waals surface area (Å²) in [5.74, 6) is 0. The van der Waals surface area contributed by atoms with Crippen LogP contribution in [0.3, 0.4) is 0 Å². The van der Waals surface area contributed by atoms with Crippen LogP contribution < -0.4 is 10.6 Å². The molecule has 0 aliphatic heterocycles. The van der Waals surface area contributed by atoms with Crippen molar-refractivity contribution in [2.24, 2.45) is 0 Å². The number of hydrogen-bond acceptors (Lipinski definition) is 2. The van der Waals surface area contributed by atoms with Crippen LogP contribution in [0.2, 0.25) is 0 Å². The molecule has 0 atom stereocenters.